The van der Waals surface area contributed by atoms with Gasteiger partial charge in [0.1, 0.15) is 0 Å². The van der Waals surface area contributed by atoms with E-state index in [4.69, 9.17) is 0 Å². The minimum atomic E-state index is -0.466. The Kier molecular flexibility index (Phi) is 5.80. The van der Waals surface area contributed by atoms with Gasteiger partial charge in [0.15, 0.2) is 0 Å². The van der Waals surface area contributed by atoms with Crippen LogP contribution >= 0.6 is 0 Å². The van der Waals surface area contributed by atoms with Crippen LogP contribution in [-0.2, 0) is 29.1 Å². The molecule has 1 fully saturated rings. The Morgan fingerprint density at radius 3 is 2.44 bits per heavy atom. The zero-order chi connectivity index (χ0) is 19.2. The summed E-state index contributed by atoms with van der Waals surface area (Å²) in [7, 11) is 0. The van der Waals surface area contributed by atoms with Gasteiger partial charge in [0, 0.05) is 38.2 Å². The molecule has 0 saturated carbocycles. The van der Waals surface area contributed by atoms with Crippen molar-refractivity contribution in [2.45, 2.75) is 32.4 Å². The van der Waals surface area contributed by atoms with Crippen molar-refractivity contribution in [1.82, 2.24) is 10.2 Å². The molecule has 1 aliphatic rings. The maximum absolute atomic E-state index is 12.2. The Hall–Kier alpha value is -3.22. The average molecular weight is 367 g/mol. The Balaban J connectivity index is 1.57. The fourth-order valence-electron chi connectivity index (χ4n) is 3.14. The Morgan fingerprint density at radius 1 is 1.11 bits per heavy atom. The number of nitro groups is 1. The number of hydrogen-bond acceptors (Lipinski definition) is 4. The molecule has 1 aliphatic heterocycles. The van der Waals surface area contributed by atoms with Gasteiger partial charge in [-0.15, -0.1) is 0 Å². The summed E-state index contributed by atoms with van der Waals surface area (Å²) in [4.78, 5) is 36.1. The van der Waals surface area contributed by atoms with Gasteiger partial charge in [-0.25, -0.2) is 0 Å². The van der Waals surface area contributed by atoms with Crippen LogP contribution < -0.4 is 5.32 Å². The SMILES string of the molecule is O=C(Cc1ccc([N+](=O)[O-])cc1)NCc1ccccc1CN1CCCC1=O. The largest absolute Gasteiger partial charge is 0.352 e. The number of benzene rings is 2. The molecule has 7 nitrogen and oxygen atoms in total. The van der Waals surface area contributed by atoms with Crippen LogP contribution in [-0.4, -0.2) is 28.2 Å². The molecule has 0 radical (unpaired) electrons. The minimum Gasteiger partial charge on any atom is -0.352 e. The molecule has 0 unspecified atom stereocenters. The highest BCUT2D eigenvalue weighted by atomic mass is 16.6. The normalized spacial score (nSPS) is 13.6. The molecular formula is C20H21N3O4. The van der Waals surface area contributed by atoms with Crippen molar-refractivity contribution < 1.29 is 14.5 Å². The number of nitro benzene ring substituents is 1. The number of rotatable bonds is 7. The number of nitrogens with one attached hydrogen (secondary N) is 1. The zero-order valence-electron chi connectivity index (χ0n) is 14.9. The fourth-order valence-corrected chi connectivity index (χ4v) is 3.14. The molecule has 0 aromatic heterocycles. The standard InChI is InChI=1S/C20H21N3O4/c24-19(12-15-7-9-18(10-8-15)23(26)27)21-13-16-4-1-2-5-17(16)14-22-11-3-6-20(22)25/h1-2,4-5,7-10H,3,6,11-14H2,(H,21,24). The van der Waals surface area contributed by atoms with Gasteiger partial charge in [0.25, 0.3) is 5.69 Å². The van der Waals surface area contributed by atoms with Gasteiger partial charge in [-0.3, -0.25) is 19.7 Å². The Bertz CT molecular complexity index is 849. The van der Waals surface area contributed by atoms with Crippen molar-refractivity contribution >= 4 is 17.5 Å². The van der Waals surface area contributed by atoms with E-state index in [9.17, 15) is 19.7 Å². The van der Waals surface area contributed by atoms with Gasteiger partial charge < -0.3 is 10.2 Å². The number of nitrogens with zero attached hydrogens (tertiary/aromatic N) is 2. The van der Waals surface area contributed by atoms with Crippen LogP contribution in [0.15, 0.2) is 48.5 Å². The van der Waals surface area contributed by atoms with Gasteiger partial charge >= 0.3 is 0 Å². The number of non-ortho nitro benzene ring substituents is 1. The molecule has 1 N–H and O–H groups in total. The lowest BCUT2D eigenvalue weighted by Crippen LogP contribution is -2.27. The number of carbonyl (C=O) groups is 2. The molecule has 0 atom stereocenters. The summed E-state index contributed by atoms with van der Waals surface area (Å²) in [6, 6.07) is 13.7. The maximum Gasteiger partial charge on any atom is 0.269 e. The monoisotopic (exact) mass is 367 g/mol. The summed E-state index contributed by atoms with van der Waals surface area (Å²) < 4.78 is 0. The Labute approximate surface area is 157 Å². The van der Waals surface area contributed by atoms with Gasteiger partial charge in [-0.05, 0) is 23.1 Å². The van der Waals surface area contributed by atoms with Crippen LogP contribution in [0.1, 0.15) is 29.5 Å². The highest BCUT2D eigenvalue weighted by molar-refractivity contribution is 5.79. The summed E-state index contributed by atoms with van der Waals surface area (Å²) in [5.41, 5.74) is 2.73. The summed E-state index contributed by atoms with van der Waals surface area (Å²) in [5, 5.41) is 13.6. The van der Waals surface area contributed by atoms with Crippen molar-refractivity contribution in [2.75, 3.05) is 6.54 Å². The van der Waals surface area contributed by atoms with Crippen LogP contribution in [0, 0.1) is 10.1 Å². The predicted molar refractivity (Wildman–Crippen MR) is 99.7 cm³/mol. The highest BCUT2D eigenvalue weighted by Gasteiger charge is 2.20. The van der Waals surface area contributed by atoms with Crippen LogP contribution in [0.4, 0.5) is 5.69 Å². The first-order valence-electron chi connectivity index (χ1n) is 8.87. The number of likely N-dealkylation sites (tertiary alicyclic amines) is 1. The average Bonchev–Trinajstić information content (AvgIpc) is 3.06. The van der Waals surface area contributed by atoms with Gasteiger partial charge in [-0.2, -0.15) is 0 Å². The summed E-state index contributed by atoms with van der Waals surface area (Å²) >= 11 is 0. The highest BCUT2D eigenvalue weighted by Crippen LogP contribution is 2.17. The van der Waals surface area contributed by atoms with Gasteiger partial charge in [0.2, 0.25) is 11.8 Å². The molecule has 2 aromatic rings. The van der Waals surface area contributed by atoms with E-state index in [1.165, 1.54) is 12.1 Å². The second-order valence-corrected chi connectivity index (χ2v) is 6.56. The lowest BCUT2D eigenvalue weighted by molar-refractivity contribution is -0.384. The molecule has 1 heterocycles. The number of amides is 2. The van der Waals surface area contributed by atoms with E-state index in [1.54, 1.807) is 12.1 Å². The summed E-state index contributed by atoms with van der Waals surface area (Å²) in [5.74, 6) is 0.0166. The van der Waals surface area contributed by atoms with Gasteiger partial charge in [0.05, 0.1) is 11.3 Å². The molecule has 2 amide bonds. The molecule has 7 heteroatoms. The first-order chi connectivity index (χ1) is 13.0. The molecule has 27 heavy (non-hydrogen) atoms. The lowest BCUT2D eigenvalue weighted by Gasteiger charge is -2.18. The maximum atomic E-state index is 12.2. The van der Waals surface area contributed by atoms with E-state index in [-0.39, 0.29) is 23.9 Å². The third-order valence-corrected chi connectivity index (χ3v) is 4.64. The molecule has 0 spiro atoms. The smallest absolute Gasteiger partial charge is 0.269 e. The summed E-state index contributed by atoms with van der Waals surface area (Å²) in [6.45, 7) is 1.72. The molecule has 0 aliphatic carbocycles. The molecule has 2 aromatic carbocycles. The van der Waals surface area contributed by atoms with E-state index in [1.807, 2.05) is 29.2 Å². The van der Waals surface area contributed by atoms with Crippen molar-refractivity contribution in [3.63, 3.8) is 0 Å². The minimum absolute atomic E-state index is 0.00421. The second-order valence-electron chi connectivity index (χ2n) is 6.56. The van der Waals surface area contributed by atoms with Crippen LogP contribution in [0.2, 0.25) is 0 Å². The van der Waals surface area contributed by atoms with E-state index in [0.717, 1.165) is 24.1 Å². The van der Waals surface area contributed by atoms with E-state index in [2.05, 4.69) is 5.32 Å². The van der Waals surface area contributed by atoms with Crippen LogP contribution in [0.5, 0.6) is 0 Å². The molecular weight excluding hydrogens is 346 g/mol. The van der Waals surface area contributed by atoms with E-state index in [0.29, 0.717) is 25.1 Å². The molecule has 0 bridgehead atoms. The zero-order valence-corrected chi connectivity index (χ0v) is 14.9. The topological polar surface area (TPSA) is 92.5 Å². The first kappa shape index (κ1) is 18.6. The molecule has 3 rings (SSSR count). The van der Waals surface area contributed by atoms with Crippen molar-refractivity contribution in [3.05, 3.63) is 75.3 Å². The summed E-state index contributed by atoms with van der Waals surface area (Å²) in [6.07, 6.45) is 1.66. The predicted octanol–water partition coefficient (Wildman–Crippen LogP) is 2.58. The van der Waals surface area contributed by atoms with Crippen LogP contribution in [0.25, 0.3) is 0 Å². The number of hydrogen-bond donors (Lipinski definition) is 1. The van der Waals surface area contributed by atoms with Crippen molar-refractivity contribution in [3.8, 4) is 0 Å². The second kappa shape index (κ2) is 8.44. The molecule has 1 saturated heterocycles. The van der Waals surface area contributed by atoms with Gasteiger partial charge in [-0.1, -0.05) is 36.4 Å². The Morgan fingerprint density at radius 2 is 1.81 bits per heavy atom. The van der Waals surface area contributed by atoms with Crippen LogP contribution in [0.3, 0.4) is 0 Å². The third kappa shape index (κ3) is 4.91. The first-order valence-corrected chi connectivity index (χ1v) is 8.87. The van der Waals surface area contributed by atoms with Crippen molar-refractivity contribution in [1.29, 1.82) is 0 Å². The van der Waals surface area contributed by atoms with Crippen molar-refractivity contribution in [2.24, 2.45) is 0 Å². The quantitative estimate of drug-likeness (QED) is 0.601. The third-order valence-electron chi connectivity index (χ3n) is 4.64. The van der Waals surface area contributed by atoms with E-state index < -0.39 is 4.92 Å². The lowest BCUT2D eigenvalue weighted by atomic mass is 10.1. The number of carbonyl (C=O) groups excluding carboxylic acids is 2. The molecule has 140 valence electrons. The van der Waals surface area contributed by atoms with E-state index >= 15 is 0 Å². The fraction of sp³-hybridized carbons (Fsp3) is 0.300.